The zero-order chi connectivity index (χ0) is 20.4. The number of aliphatic hydroxyl groups is 1. The van der Waals surface area contributed by atoms with Gasteiger partial charge in [-0.3, -0.25) is 19.4 Å². The smallest absolute Gasteiger partial charge is 0.325 e. The predicted molar refractivity (Wildman–Crippen MR) is 101 cm³/mol. The summed E-state index contributed by atoms with van der Waals surface area (Å²) in [5.41, 5.74) is 1.10. The van der Waals surface area contributed by atoms with E-state index < -0.39 is 5.91 Å². The Hall–Kier alpha value is -3.73. The normalized spacial score (nSPS) is 13.9. The maximum Gasteiger partial charge on any atom is 0.325 e. The van der Waals surface area contributed by atoms with Gasteiger partial charge in [-0.2, -0.15) is 5.10 Å². The minimum atomic E-state index is -0.494. The second-order valence-electron chi connectivity index (χ2n) is 6.35. The average molecular weight is 396 g/mol. The zero-order valence-corrected chi connectivity index (χ0v) is 15.6. The number of nitrogens with one attached hydrogen (secondary N) is 1. The minimum absolute atomic E-state index is 0.0845. The first-order valence-corrected chi connectivity index (χ1v) is 8.87. The number of pyridine rings is 1. The number of carbonyl (C=O) groups is 2. The van der Waals surface area contributed by atoms with Crippen LogP contribution in [0.15, 0.2) is 35.2 Å². The molecule has 1 aliphatic rings. The monoisotopic (exact) mass is 396 g/mol. The summed E-state index contributed by atoms with van der Waals surface area (Å²) in [4.78, 5) is 36.2. The van der Waals surface area contributed by atoms with Crippen LogP contribution in [0.1, 0.15) is 10.5 Å². The highest BCUT2D eigenvalue weighted by molar-refractivity contribution is 6.06. The third-order valence-corrected chi connectivity index (χ3v) is 4.39. The van der Waals surface area contributed by atoms with E-state index in [1.807, 2.05) is 0 Å². The lowest BCUT2D eigenvalue weighted by molar-refractivity contribution is 0.102. The Kier molecular flexibility index (Phi) is 4.96. The number of urea groups is 1. The van der Waals surface area contributed by atoms with Gasteiger partial charge in [0.05, 0.1) is 19.0 Å². The second-order valence-corrected chi connectivity index (χ2v) is 6.35. The topological polar surface area (TPSA) is 130 Å². The van der Waals surface area contributed by atoms with Gasteiger partial charge in [0.1, 0.15) is 12.0 Å². The molecule has 1 fully saturated rings. The van der Waals surface area contributed by atoms with Gasteiger partial charge >= 0.3 is 6.03 Å². The highest BCUT2D eigenvalue weighted by atomic mass is 16.3. The van der Waals surface area contributed by atoms with Crippen LogP contribution in [-0.2, 0) is 7.05 Å². The summed E-state index contributed by atoms with van der Waals surface area (Å²) in [6, 6.07) is 3.02. The number of aromatic nitrogens is 4. The van der Waals surface area contributed by atoms with Crippen molar-refractivity contribution in [2.24, 2.45) is 7.05 Å². The van der Waals surface area contributed by atoms with Crippen LogP contribution in [-0.4, -0.2) is 67.9 Å². The molecule has 0 aliphatic carbocycles. The fourth-order valence-electron chi connectivity index (χ4n) is 3.02. The molecule has 1 saturated heterocycles. The van der Waals surface area contributed by atoms with E-state index in [1.165, 1.54) is 20.7 Å². The van der Waals surface area contributed by atoms with Gasteiger partial charge in [-0.05, 0) is 12.1 Å². The van der Waals surface area contributed by atoms with Crippen LogP contribution in [0.5, 0.6) is 0 Å². The number of hydrogen-bond donors (Lipinski definition) is 2. The first-order chi connectivity index (χ1) is 14.1. The molecule has 2 N–H and O–H groups in total. The molecule has 11 nitrogen and oxygen atoms in total. The Labute approximate surface area is 165 Å². The number of amides is 3. The van der Waals surface area contributed by atoms with Gasteiger partial charge < -0.3 is 19.7 Å². The van der Waals surface area contributed by atoms with E-state index in [1.54, 1.807) is 31.6 Å². The molecule has 3 aromatic rings. The summed E-state index contributed by atoms with van der Waals surface area (Å²) in [5.74, 6) is 0.111. The Bertz CT molecular complexity index is 1030. The summed E-state index contributed by atoms with van der Waals surface area (Å²) >= 11 is 0. The number of aliphatic hydroxyl groups excluding tert-OH is 1. The molecule has 4 heterocycles. The quantitative estimate of drug-likeness (QED) is 0.629. The molecule has 29 heavy (non-hydrogen) atoms. The van der Waals surface area contributed by atoms with Gasteiger partial charge in [0.15, 0.2) is 11.5 Å². The Balaban J connectivity index is 1.53. The van der Waals surface area contributed by atoms with Crippen molar-refractivity contribution in [3.8, 4) is 11.5 Å². The molecule has 0 bridgehead atoms. The van der Waals surface area contributed by atoms with E-state index in [4.69, 9.17) is 9.52 Å². The number of anilines is 2. The lowest BCUT2D eigenvalue weighted by Crippen LogP contribution is -2.34. The summed E-state index contributed by atoms with van der Waals surface area (Å²) in [6.07, 6.45) is 7.09. The molecule has 4 rings (SSSR count). The molecular formula is C18H18N7O4. The molecule has 0 spiro atoms. The number of β-amino-alcohol motifs (C(OH)–C–C–N with tert-alkyl or cyclic N) is 1. The largest absolute Gasteiger partial charge is 0.444 e. The number of aryl methyl sites for hydroxylation is 1. The standard InChI is InChI=1S/C18H18N7O4/c1-23-10-13(15(22-23)25-7-6-24(8-9-26)18(25)28)20-16(27)14-11-29-17(21-14)12-2-4-19-5-3-12/h2-4,10-11,26H,6-9H2,1H3,(H,20,27). The third-order valence-electron chi connectivity index (χ3n) is 4.39. The van der Waals surface area contributed by atoms with Crippen LogP contribution >= 0.6 is 0 Å². The van der Waals surface area contributed by atoms with E-state index in [9.17, 15) is 9.59 Å². The van der Waals surface area contributed by atoms with Crippen molar-refractivity contribution >= 4 is 23.4 Å². The molecule has 0 saturated carbocycles. The predicted octanol–water partition coefficient (Wildman–Crippen LogP) is 0.757. The molecular weight excluding hydrogens is 378 g/mol. The lowest BCUT2D eigenvalue weighted by atomic mass is 10.3. The Morgan fingerprint density at radius 1 is 1.41 bits per heavy atom. The van der Waals surface area contributed by atoms with E-state index in [-0.39, 0.29) is 30.8 Å². The highest BCUT2D eigenvalue weighted by Crippen LogP contribution is 2.28. The van der Waals surface area contributed by atoms with Crippen LogP contribution in [0.25, 0.3) is 11.5 Å². The molecule has 0 aromatic carbocycles. The van der Waals surface area contributed by atoms with E-state index in [0.29, 0.717) is 30.2 Å². The Morgan fingerprint density at radius 3 is 3.03 bits per heavy atom. The van der Waals surface area contributed by atoms with Crippen LogP contribution in [0.2, 0.25) is 0 Å². The molecule has 3 amide bonds. The third kappa shape index (κ3) is 3.67. The number of oxazole rings is 1. The van der Waals surface area contributed by atoms with Gasteiger partial charge in [0, 0.05) is 38.4 Å². The zero-order valence-electron chi connectivity index (χ0n) is 15.6. The van der Waals surface area contributed by atoms with Crippen LogP contribution in [0, 0.1) is 6.20 Å². The molecule has 149 valence electrons. The van der Waals surface area contributed by atoms with E-state index in [0.717, 1.165) is 0 Å². The number of carbonyl (C=O) groups excluding carboxylic acids is 2. The van der Waals surface area contributed by atoms with Crippen LogP contribution in [0.4, 0.5) is 16.3 Å². The first kappa shape index (κ1) is 18.6. The van der Waals surface area contributed by atoms with Crippen LogP contribution in [0.3, 0.4) is 0 Å². The van der Waals surface area contributed by atoms with Crippen molar-refractivity contribution in [2.45, 2.75) is 0 Å². The van der Waals surface area contributed by atoms with Crippen molar-refractivity contribution < 1.29 is 19.1 Å². The SMILES string of the molecule is Cn1cc(NC(=O)c2coc(-c3c[c]ncc3)n2)c(N2CCN(CCO)C2=O)n1. The van der Waals surface area contributed by atoms with Gasteiger partial charge in [0.25, 0.3) is 5.91 Å². The van der Waals surface area contributed by atoms with Crippen molar-refractivity contribution in [1.29, 1.82) is 0 Å². The van der Waals surface area contributed by atoms with E-state index in [2.05, 4.69) is 26.6 Å². The summed E-state index contributed by atoms with van der Waals surface area (Å²) in [6.45, 7) is 1.01. The van der Waals surface area contributed by atoms with Gasteiger partial charge in [-0.15, -0.1) is 0 Å². The van der Waals surface area contributed by atoms with E-state index >= 15 is 0 Å². The van der Waals surface area contributed by atoms with Crippen molar-refractivity contribution in [3.63, 3.8) is 0 Å². The maximum absolute atomic E-state index is 12.6. The number of nitrogens with zero attached hydrogens (tertiary/aromatic N) is 6. The molecule has 1 radical (unpaired) electrons. The number of hydrogen-bond acceptors (Lipinski definition) is 7. The Morgan fingerprint density at radius 2 is 2.28 bits per heavy atom. The van der Waals surface area contributed by atoms with Gasteiger partial charge in [-0.1, -0.05) is 0 Å². The maximum atomic E-state index is 12.6. The van der Waals surface area contributed by atoms with Gasteiger partial charge in [0.2, 0.25) is 5.89 Å². The number of rotatable bonds is 6. The summed E-state index contributed by atoms with van der Waals surface area (Å²) in [5, 5.41) is 16.1. The fourth-order valence-corrected chi connectivity index (χ4v) is 3.02. The lowest BCUT2D eigenvalue weighted by Gasteiger charge is -2.17. The average Bonchev–Trinajstić information content (AvgIpc) is 3.43. The van der Waals surface area contributed by atoms with Crippen molar-refractivity contribution in [1.82, 2.24) is 24.6 Å². The summed E-state index contributed by atoms with van der Waals surface area (Å²) in [7, 11) is 1.69. The molecule has 0 unspecified atom stereocenters. The van der Waals surface area contributed by atoms with Crippen molar-refractivity contribution in [3.05, 3.63) is 42.7 Å². The van der Waals surface area contributed by atoms with Crippen molar-refractivity contribution in [2.75, 3.05) is 36.5 Å². The van der Waals surface area contributed by atoms with Crippen LogP contribution < -0.4 is 10.2 Å². The molecule has 0 atom stereocenters. The summed E-state index contributed by atoms with van der Waals surface area (Å²) < 4.78 is 6.88. The molecule has 11 heteroatoms. The minimum Gasteiger partial charge on any atom is -0.444 e. The molecule has 3 aromatic heterocycles. The fraction of sp³-hybridized carbons (Fsp3) is 0.278. The van der Waals surface area contributed by atoms with Gasteiger partial charge in [-0.25, -0.2) is 9.78 Å². The highest BCUT2D eigenvalue weighted by Gasteiger charge is 2.33. The molecule has 1 aliphatic heterocycles. The second kappa shape index (κ2) is 7.72. The first-order valence-electron chi connectivity index (χ1n) is 8.87.